The molecule has 0 amide bonds. The Morgan fingerprint density at radius 3 is 2.75 bits per heavy atom. The zero-order valence-corrected chi connectivity index (χ0v) is 10.6. The second kappa shape index (κ2) is 5.47. The first kappa shape index (κ1) is 12.3. The van der Waals surface area contributed by atoms with E-state index in [1.165, 1.54) is 12.8 Å². The molecule has 0 aromatic rings. The lowest BCUT2D eigenvalue weighted by molar-refractivity contribution is 0.293. The van der Waals surface area contributed by atoms with Gasteiger partial charge in [0.25, 0.3) is 0 Å². The lowest BCUT2D eigenvalue weighted by Crippen LogP contribution is -2.34. The van der Waals surface area contributed by atoms with Crippen LogP contribution in [0.15, 0.2) is 0 Å². The Morgan fingerprint density at radius 2 is 2.00 bits per heavy atom. The molecule has 0 aromatic carbocycles. The van der Waals surface area contributed by atoms with E-state index in [1.54, 1.807) is 0 Å². The number of hydrogen-bond acceptors (Lipinski definition) is 4. The van der Waals surface area contributed by atoms with Crippen LogP contribution in [0.25, 0.3) is 0 Å². The molecular formula is C11H22N2O2S. The fraction of sp³-hybridized carbons (Fsp3) is 1.00. The SMILES string of the molecule is O=S1(=O)CCCN(CCNCC2CC2)CC1. The minimum atomic E-state index is -2.75. The van der Waals surface area contributed by atoms with E-state index in [1.807, 2.05) is 0 Å². The maximum atomic E-state index is 11.4. The van der Waals surface area contributed by atoms with Crippen LogP contribution in [-0.2, 0) is 9.84 Å². The lowest BCUT2D eigenvalue weighted by atomic mass is 10.4. The van der Waals surface area contributed by atoms with E-state index in [9.17, 15) is 8.42 Å². The Labute approximate surface area is 98.3 Å². The van der Waals surface area contributed by atoms with E-state index in [4.69, 9.17) is 0 Å². The highest BCUT2D eigenvalue weighted by Crippen LogP contribution is 2.27. The molecule has 0 radical (unpaired) electrons. The molecule has 94 valence electrons. The van der Waals surface area contributed by atoms with E-state index < -0.39 is 9.84 Å². The van der Waals surface area contributed by atoms with Gasteiger partial charge in [-0.3, -0.25) is 0 Å². The van der Waals surface area contributed by atoms with E-state index in [0.717, 1.165) is 38.5 Å². The molecule has 0 spiro atoms. The molecular weight excluding hydrogens is 224 g/mol. The van der Waals surface area contributed by atoms with Crippen LogP contribution in [-0.4, -0.2) is 57.5 Å². The molecule has 5 heteroatoms. The first-order valence-electron chi connectivity index (χ1n) is 6.29. The van der Waals surface area contributed by atoms with E-state index in [-0.39, 0.29) is 0 Å². The summed E-state index contributed by atoms with van der Waals surface area (Å²) in [6.07, 6.45) is 3.56. The van der Waals surface area contributed by atoms with E-state index >= 15 is 0 Å². The molecule has 1 heterocycles. The minimum Gasteiger partial charge on any atom is -0.315 e. The van der Waals surface area contributed by atoms with Gasteiger partial charge in [0.05, 0.1) is 11.5 Å². The fourth-order valence-electron chi connectivity index (χ4n) is 2.08. The molecule has 1 aliphatic heterocycles. The van der Waals surface area contributed by atoms with Crippen molar-refractivity contribution in [2.75, 3.05) is 44.2 Å². The first-order valence-corrected chi connectivity index (χ1v) is 8.11. The molecule has 2 fully saturated rings. The average molecular weight is 246 g/mol. The van der Waals surface area contributed by atoms with Crippen LogP contribution in [0.4, 0.5) is 0 Å². The summed E-state index contributed by atoms with van der Waals surface area (Å²) in [7, 11) is -2.75. The van der Waals surface area contributed by atoms with E-state index in [0.29, 0.717) is 18.1 Å². The smallest absolute Gasteiger partial charge is 0.151 e. The third-order valence-corrected chi connectivity index (χ3v) is 5.10. The summed E-state index contributed by atoms with van der Waals surface area (Å²) < 4.78 is 22.8. The monoisotopic (exact) mass is 246 g/mol. The van der Waals surface area contributed by atoms with Crippen molar-refractivity contribution in [3.8, 4) is 0 Å². The number of hydrogen-bond donors (Lipinski definition) is 1. The summed E-state index contributed by atoms with van der Waals surface area (Å²) in [6.45, 7) is 4.78. The van der Waals surface area contributed by atoms with Gasteiger partial charge in [-0.2, -0.15) is 0 Å². The topological polar surface area (TPSA) is 49.4 Å². The lowest BCUT2D eigenvalue weighted by Gasteiger charge is -2.19. The van der Waals surface area contributed by atoms with Crippen molar-refractivity contribution in [3.63, 3.8) is 0 Å². The number of rotatable bonds is 5. The van der Waals surface area contributed by atoms with Crippen molar-refractivity contribution in [3.05, 3.63) is 0 Å². The Balaban J connectivity index is 1.61. The summed E-state index contributed by atoms with van der Waals surface area (Å²) in [5.74, 6) is 1.64. The molecule has 0 unspecified atom stereocenters. The third kappa shape index (κ3) is 4.39. The zero-order chi connectivity index (χ0) is 11.4. The van der Waals surface area contributed by atoms with Crippen molar-refractivity contribution in [2.24, 2.45) is 5.92 Å². The average Bonchev–Trinajstić information content (AvgIpc) is 3.02. The van der Waals surface area contributed by atoms with Crippen LogP contribution in [0, 0.1) is 5.92 Å². The molecule has 2 aliphatic rings. The largest absolute Gasteiger partial charge is 0.315 e. The van der Waals surface area contributed by atoms with Crippen LogP contribution >= 0.6 is 0 Å². The number of nitrogens with zero attached hydrogens (tertiary/aromatic N) is 1. The molecule has 16 heavy (non-hydrogen) atoms. The Kier molecular flexibility index (Phi) is 4.21. The highest BCUT2D eigenvalue weighted by atomic mass is 32.2. The highest BCUT2D eigenvalue weighted by molar-refractivity contribution is 7.91. The van der Waals surface area contributed by atoms with Crippen LogP contribution in [0.1, 0.15) is 19.3 Å². The zero-order valence-electron chi connectivity index (χ0n) is 9.82. The quantitative estimate of drug-likeness (QED) is 0.699. The standard InChI is InChI=1S/C11H22N2O2S/c14-16(15)8-1-5-13(7-9-16)6-4-12-10-11-2-3-11/h11-12H,1-10H2. The van der Waals surface area contributed by atoms with Gasteiger partial charge in [0.15, 0.2) is 9.84 Å². The molecule has 1 saturated carbocycles. The van der Waals surface area contributed by atoms with Crippen molar-refractivity contribution in [2.45, 2.75) is 19.3 Å². The summed E-state index contributed by atoms with van der Waals surface area (Å²) in [4.78, 5) is 2.27. The van der Waals surface area contributed by atoms with Gasteiger partial charge in [0.1, 0.15) is 0 Å². The van der Waals surface area contributed by atoms with Gasteiger partial charge in [-0.1, -0.05) is 0 Å². The molecule has 2 rings (SSSR count). The van der Waals surface area contributed by atoms with Gasteiger partial charge in [-0.15, -0.1) is 0 Å². The molecule has 1 aliphatic carbocycles. The second-order valence-corrected chi connectivity index (χ2v) is 7.30. The highest BCUT2D eigenvalue weighted by Gasteiger charge is 2.21. The van der Waals surface area contributed by atoms with Gasteiger partial charge in [-0.05, 0) is 38.3 Å². The maximum absolute atomic E-state index is 11.4. The van der Waals surface area contributed by atoms with Gasteiger partial charge >= 0.3 is 0 Å². The molecule has 4 nitrogen and oxygen atoms in total. The summed E-state index contributed by atoms with van der Waals surface area (Å²) in [5, 5.41) is 3.44. The normalized spacial score (nSPS) is 26.5. The van der Waals surface area contributed by atoms with E-state index in [2.05, 4.69) is 10.2 Å². The summed E-state index contributed by atoms with van der Waals surface area (Å²) >= 11 is 0. The Bertz CT molecular complexity index is 312. The second-order valence-electron chi connectivity index (χ2n) is 4.99. The summed E-state index contributed by atoms with van der Waals surface area (Å²) in [5.41, 5.74) is 0. The van der Waals surface area contributed by atoms with Gasteiger partial charge in [0.2, 0.25) is 0 Å². The summed E-state index contributed by atoms with van der Waals surface area (Å²) in [6, 6.07) is 0. The Morgan fingerprint density at radius 1 is 1.19 bits per heavy atom. The van der Waals surface area contributed by atoms with Gasteiger partial charge in [0, 0.05) is 19.6 Å². The third-order valence-electron chi connectivity index (χ3n) is 3.38. The number of nitrogens with one attached hydrogen (secondary N) is 1. The van der Waals surface area contributed by atoms with Crippen molar-refractivity contribution in [1.82, 2.24) is 10.2 Å². The van der Waals surface area contributed by atoms with Crippen LogP contribution < -0.4 is 5.32 Å². The van der Waals surface area contributed by atoms with Crippen molar-refractivity contribution >= 4 is 9.84 Å². The predicted octanol–water partition coefficient (Wildman–Crippen LogP) is 0.107. The van der Waals surface area contributed by atoms with Crippen LogP contribution in [0.5, 0.6) is 0 Å². The van der Waals surface area contributed by atoms with Gasteiger partial charge < -0.3 is 10.2 Å². The van der Waals surface area contributed by atoms with Crippen LogP contribution in [0.2, 0.25) is 0 Å². The molecule has 0 aromatic heterocycles. The molecule has 0 bridgehead atoms. The minimum absolute atomic E-state index is 0.343. The molecule has 1 N–H and O–H groups in total. The molecule has 0 atom stereocenters. The maximum Gasteiger partial charge on any atom is 0.151 e. The van der Waals surface area contributed by atoms with Crippen molar-refractivity contribution in [1.29, 1.82) is 0 Å². The fourth-order valence-corrected chi connectivity index (χ4v) is 3.39. The predicted molar refractivity (Wildman–Crippen MR) is 65.3 cm³/mol. The molecule has 1 saturated heterocycles. The number of sulfone groups is 1. The van der Waals surface area contributed by atoms with Gasteiger partial charge in [-0.25, -0.2) is 8.42 Å². The first-order chi connectivity index (χ1) is 7.66. The Hall–Kier alpha value is -0.130. The van der Waals surface area contributed by atoms with Crippen LogP contribution in [0.3, 0.4) is 0 Å². The van der Waals surface area contributed by atoms with Crippen molar-refractivity contribution < 1.29 is 8.42 Å².